The number of benzene rings is 1. The maximum atomic E-state index is 11.3. The summed E-state index contributed by atoms with van der Waals surface area (Å²) in [6.07, 6.45) is 2.57. The molecule has 0 bridgehead atoms. The smallest absolute Gasteiger partial charge is 0.163 e. The molecule has 0 aromatic heterocycles. The molecule has 2 fully saturated rings. The van der Waals surface area contributed by atoms with Crippen molar-refractivity contribution in [3.05, 3.63) is 29.8 Å². The van der Waals surface area contributed by atoms with Gasteiger partial charge >= 0.3 is 0 Å². The molecule has 31 heavy (non-hydrogen) atoms. The summed E-state index contributed by atoms with van der Waals surface area (Å²) < 4.78 is 35.7. The fraction of sp³-hybridized carbons (Fsp3) is 0.708. The zero-order valence-electron chi connectivity index (χ0n) is 19.1. The summed E-state index contributed by atoms with van der Waals surface area (Å²) >= 11 is 0. The van der Waals surface area contributed by atoms with Crippen LogP contribution in [0, 0.1) is 0 Å². The van der Waals surface area contributed by atoms with Crippen LogP contribution >= 0.6 is 0 Å². The number of hydrogen-bond donors (Lipinski definition) is 0. The lowest BCUT2D eigenvalue weighted by Crippen LogP contribution is -2.39. The van der Waals surface area contributed by atoms with E-state index in [9.17, 15) is 4.79 Å². The monoisotopic (exact) mass is 436 g/mol. The average Bonchev–Trinajstić information content (AvgIpc) is 3.26. The highest BCUT2D eigenvalue weighted by atomic mass is 16.7. The molecule has 0 aliphatic carbocycles. The fourth-order valence-electron chi connectivity index (χ4n) is 4.10. The van der Waals surface area contributed by atoms with Crippen LogP contribution < -0.4 is 4.74 Å². The standard InChI is InChI=1S/C24H36O7/c1-5-6-13-27-23-21(14-19-16-29-24(2,3)31-19)30-20(11-12-25)22(23)28-15-17-7-9-18(26-4)10-8-17/h7-10,12,19-23H,5-6,11,13-16H2,1-4H3/t19?,20-,21+,22-,23-/m0/s1. The second-order valence-electron chi connectivity index (χ2n) is 8.61. The summed E-state index contributed by atoms with van der Waals surface area (Å²) in [5.41, 5.74) is 1.02. The lowest BCUT2D eigenvalue weighted by Gasteiger charge is -2.26. The van der Waals surface area contributed by atoms with Gasteiger partial charge in [-0.3, -0.25) is 0 Å². The Morgan fingerprint density at radius 3 is 2.48 bits per heavy atom. The van der Waals surface area contributed by atoms with E-state index in [4.69, 9.17) is 28.4 Å². The van der Waals surface area contributed by atoms with Crippen molar-refractivity contribution in [3.8, 4) is 5.75 Å². The first-order valence-electron chi connectivity index (χ1n) is 11.2. The zero-order valence-corrected chi connectivity index (χ0v) is 19.1. The largest absolute Gasteiger partial charge is 0.497 e. The van der Waals surface area contributed by atoms with Gasteiger partial charge in [-0.1, -0.05) is 25.5 Å². The van der Waals surface area contributed by atoms with Gasteiger partial charge < -0.3 is 33.2 Å². The maximum absolute atomic E-state index is 11.3. The Balaban J connectivity index is 1.69. The molecule has 0 spiro atoms. The Morgan fingerprint density at radius 2 is 1.87 bits per heavy atom. The van der Waals surface area contributed by atoms with E-state index < -0.39 is 5.79 Å². The minimum Gasteiger partial charge on any atom is -0.497 e. The number of methoxy groups -OCH3 is 1. The van der Waals surface area contributed by atoms with Crippen LogP contribution in [0.4, 0.5) is 0 Å². The van der Waals surface area contributed by atoms with Crippen LogP contribution in [-0.4, -0.2) is 62.9 Å². The molecule has 3 rings (SSSR count). The summed E-state index contributed by atoms with van der Waals surface area (Å²) in [4.78, 5) is 11.3. The molecule has 1 aromatic rings. The quantitative estimate of drug-likeness (QED) is 0.366. The SMILES string of the molecule is CCCCO[C@@H]1[C@@H](OCc2ccc(OC)cc2)[C@H](CC=O)O[C@@H]1CC1COC(C)(C)O1. The lowest BCUT2D eigenvalue weighted by molar-refractivity contribution is -0.145. The van der Waals surface area contributed by atoms with Gasteiger partial charge in [0.25, 0.3) is 0 Å². The van der Waals surface area contributed by atoms with E-state index in [2.05, 4.69) is 6.92 Å². The molecule has 174 valence electrons. The van der Waals surface area contributed by atoms with E-state index in [-0.39, 0.29) is 36.9 Å². The van der Waals surface area contributed by atoms with Crippen LogP contribution in [-0.2, 0) is 35.1 Å². The van der Waals surface area contributed by atoms with Gasteiger partial charge in [0, 0.05) is 19.4 Å². The van der Waals surface area contributed by atoms with Crippen molar-refractivity contribution in [1.82, 2.24) is 0 Å². The highest BCUT2D eigenvalue weighted by Gasteiger charge is 2.48. The van der Waals surface area contributed by atoms with Crippen molar-refractivity contribution < 1.29 is 33.2 Å². The first-order valence-corrected chi connectivity index (χ1v) is 11.2. The molecule has 2 heterocycles. The number of unbranched alkanes of at least 4 members (excludes halogenated alkanes) is 1. The third-order valence-electron chi connectivity index (χ3n) is 5.71. The van der Waals surface area contributed by atoms with Crippen LogP contribution in [0.15, 0.2) is 24.3 Å². The first kappa shape index (κ1) is 24.1. The zero-order chi connectivity index (χ0) is 22.3. The van der Waals surface area contributed by atoms with Crippen molar-refractivity contribution in [1.29, 1.82) is 0 Å². The van der Waals surface area contributed by atoms with E-state index in [0.717, 1.165) is 30.4 Å². The normalized spacial score (nSPS) is 29.9. The molecule has 7 heteroatoms. The summed E-state index contributed by atoms with van der Waals surface area (Å²) in [6.45, 7) is 7.50. The molecular formula is C24H36O7. The molecule has 1 aromatic carbocycles. The van der Waals surface area contributed by atoms with Gasteiger partial charge in [-0.05, 0) is 38.0 Å². The van der Waals surface area contributed by atoms with Crippen LogP contribution in [0.1, 0.15) is 52.0 Å². The van der Waals surface area contributed by atoms with Crippen LogP contribution in [0.25, 0.3) is 0 Å². The van der Waals surface area contributed by atoms with E-state index in [1.165, 1.54) is 0 Å². The van der Waals surface area contributed by atoms with Gasteiger partial charge in [-0.25, -0.2) is 0 Å². The number of ether oxygens (including phenoxy) is 6. The van der Waals surface area contributed by atoms with Gasteiger partial charge in [-0.15, -0.1) is 0 Å². The molecule has 2 aliphatic heterocycles. The van der Waals surface area contributed by atoms with Gasteiger partial charge in [0.05, 0.1) is 38.6 Å². The van der Waals surface area contributed by atoms with E-state index in [1.807, 2.05) is 38.1 Å². The van der Waals surface area contributed by atoms with Crippen molar-refractivity contribution in [3.63, 3.8) is 0 Å². The molecule has 0 amide bonds. The molecule has 5 atom stereocenters. The van der Waals surface area contributed by atoms with Gasteiger partial charge in [0.1, 0.15) is 24.2 Å². The highest BCUT2D eigenvalue weighted by molar-refractivity contribution is 5.50. The van der Waals surface area contributed by atoms with Crippen molar-refractivity contribution >= 4 is 6.29 Å². The lowest BCUT2D eigenvalue weighted by atomic mass is 10.0. The second kappa shape index (κ2) is 11.4. The van der Waals surface area contributed by atoms with Gasteiger partial charge in [0.2, 0.25) is 0 Å². The van der Waals surface area contributed by atoms with E-state index in [0.29, 0.717) is 26.2 Å². The van der Waals surface area contributed by atoms with Crippen molar-refractivity contribution in [2.75, 3.05) is 20.3 Å². The summed E-state index contributed by atoms with van der Waals surface area (Å²) in [5, 5.41) is 0. The van der Waals surface area contributed by atoms with E-state index in [1.54, 1.807) is 7.11 Å². The predicted molar refractivity (Wildman–Crippen MR) is 115 cm³/mol. The topological polar surface area (TPSA) is 72.5 Å². The molecule has 7 nitrogen and oxygen atoms in total. The molecular weight excluding hydrogens is 400 g/mol. The number of carbonyl (C=O) groups is 1. The Bertz CT molecular complexity index is 675. The molecule has 0 radical (unpaired) electrons. The number of aldehydes is 1. The highest BCUT2D eigenvalue weighted by Crippen LogP contribution is 2.34. The first-order chi connectivity index (χ1) is 15.0. The average molecular weight is 437 g/mol. The Kier molecular flexibility index (Phi) is 8.86. The van der Waals surface area contributed by atoms with Gasteiger partial charge in [-0.2, -0.15) is 0 Å². The predicted octanol–water partition coefficient (Wildman–Crippen LogP) is 3.66. The Morgan fingerprint density at radius 1 is 1.13 bits per heavy atom. The Labute approximate surface area is 185 Å². The van der Waals surface area contributed by atoms with Crippen molar-refractivity contribution in [2.45, 2.75) is 89.4 Å². The van der Waals surface area contributed by atoms with Crippen molar-refractivity contribution in [2.24, 2.45) is 0 Å². The fourth-order valence-corrected chi connectivity index (χ4v) is 4.10. The number of rotatable bonds is 12. The van der Waals surface area contributed by atoms with Crippen LogP contribution in [0.2, 0.25) is 0 Å². The minimum absolute atomic E-state index is 0.0745. The molecule has 1 unspecified atom stereocenters. The molecule has 0 saturated carbocycles. The summed E-state index contributed by atoms with van der Waals surface area (Å²) in [7, 11) is 1.64. The van der Waals surface area contributed by atoms with Gasteiger partial charge in [0.15, 0.2) is 5.79 Å². The summed E-state index contributed by atoms with van der Waals surface area (Å²) in [6, 6.07) is 7.76. The summed E-state index contributed by atoms with van der Waals surface area (Å²) in [5.74, 6) is 0.211. The van der Waals surface area contributed by atoms with Crippen LogP contribution in [0.3, 0.4) is 0 Å². The second-order valence-corrected chi connectivity index (χ2v) is 8.61. The maximum Gasteiger partial charge on any atom is 0.163 e. The minimum atomic E-state index is -0.589. The third kappa shape index (κ3) is 6.73. The van der Waals surface area contributed by atoms with Crippen LogP contribution in [0.5, 0.6) is 5.75 Å². The number of carbonyl (C=O) groups excluding carboxylic acids is 1. The van der Waals surface area contributed by atoms with E-state index >= 15 is 0 Å². The molecule has 2 aliphatic rings. The molecule has 2 saturated heterocycles. The Hall–Kier alpha value is -1.51. The third-order valence-corrected chi connectivity index (χ3v) is 5.71. The molecule has 0 N–H and O–H groups in total. The number of hydrogen-bond acceptors (Lipinski definition) is 7.